The first-order valence-corrected chi connectivity index (χ1v) is 9.71. The molecule has 1 saturated heterocycles. The molecule has 1 fully saturated rings. The molecule has 1 rings (SSSR count). The van der Waals surface area contributed by atoms with Crippen molar-refractivity contribution in [2.45, 2.75) is 46.0 Å². The van der Waals surface area contributed by atoms with Crippen LogP contribution in [-0.4, -0.2) is 57.2 Å². The van der Waals surface area contributed by atoms with Gasteiger partial charge in [0, 0.05) is 32.7 Å². The standard InChI is InChI=1S/C14H30N4O2S.HI/c1-3-5-6-7-9-16-14(15-4-2)17-10-12-18-11-8-13-21(18,19)20;/h3-13H2,1-2H3,(H2,15,16,17);1H. The van der Waals surface area contributed by atoms with E-state index in [0.29, 0.717) is 25.4 Å². The van der Waals surface area contributed by atoms with Gasteiger partial charge in [-0.2, -0.15) is 0 Å². The van der Waals surface area contributed by atoms with Crippen molar-refractivity contribution in [2.75, 3.05) is 38.5 Å². The Morgan fingerprint density at radius 1 is 1.18 bits per heavy atom. The molecule has 0 aromatic carbocycles. The summed E-state index contributed by atoms with van der Waals surface area (Å²) in [7, 11) is -2.99. The van der Waals surface area contributed by atoms with Gasteiger partial charge in [0.25, 0.3) is 0 Å². The van der Waals surface area contributed by atoms with Crippen molar-refractivity contribution in [3.05, 3.63) is 0 Å². The zero-order valence-corrected chi connectivity index (χ0v) is 17.0. The summed E-state index contributed by atoms with van der Waals surface area (Å²) < 4.78 is 24.9. The van der Waals surface area contributed by atoms with Crippen LogP contribution in [0.2, 0.25) is 0 Å². The molecule has 1 aliphatic heterocycles. The topological polar surface area (TPSA) is 73.8 Å². The lowest BCUT2D eigenvalue weighted by Gasteiger charge is -2.16. The molecule has 1 heterocycles. The summed E-state index contributed by atoms with van der Waals surface area (Å²) in [5.74, 6) is 1.07. The zero-order valence-electron chi connectivity index (χ0n) is 13.8. The summed E-state index contributed by atoms with van der Waals surface area (Å²) in [5, 5.41) is 6.40. The Morgan fingerprint density at radius 2 is 1.95 bits per heavy atom. The zero-order chi connectivity index (χ0) is 15.6. The van der Waals surface area contributed by atoms with E-state index in [-0.39, 0.29) is 24.0 Å². The molecule has 0 atom stereocenters. The number of unbranched alkanes of at least 4 members (excludes halogenated alkanes) is 3. The van der Waals surface area contributed by atoms with E-state index in [9.17, 15) is 8.42 Å². The molecule has 8 heteroatoms. The van der Waals surface area contributed by atoms with Crippen molar-refractivity contribution in [2.24, 2.45) is 4.99 Å². The molecular weight excluding hydrogens is 415 g/mol. The summed E-state index contributed by atoms with van der Waals surface area (Å²) in [4.78, 5) is 4.51. The molecule has 0 spiro atoms. The van der Waals surface area contributed by atoms with Crippen LogP contribution in [0.5, 0.6) is 0 Å². The first kappa shape index (κ1) is 21.9. The van der Waals surface area contributed by atoms with E-state index < -0.39 is 10.0 Å². The summed E-state index contributed by atoms with van der Waals surface area (Å²) in [5.41, 5.74) is 0. The quantitative estimate of drug-likeness (QED) is 0.245. The second-order valence-electron chi connectivity index (χ2n) is 5.32. The summed E-state index contributed by atoms with van der Waals surface area (Å²) >= 11 is 0. The highest BCUT2D eigenvalue weighted by Gasteiger charge is 2.27. The minimum Gasteiger partial charge on any atom is -0.357 e. The number of guanidine groups is 1. The van der Waals surface area contributed by atoms with E-state index >= 15 is 0 Å². The number of hydrogen-bond acceptors (Lipinski definition) is 3. The summed E-state index contributed by atoms with van der Waals surface area (Å²) in [6.07, 6.45) is 5.54. The van der Waals surface area contributed by atoms with Gasteiger partial charge in [-0.25, -0.2) is 12.7 Å². The number of hydrogen-bond donors (Lipinski definition) is 2. The van der Waals surface area contributed by atoms with Crippen LogP contribution in [0.1, 0.15) is 46.0 Å². The highest BCUT2D eigenvalue weighted by atomic mass is 127. The van der Waals surface area contributed by atoms with Crippen LogP contribution < -0.4 is 10.6 Å². The van der Waals surface area contributed by atoms with Gasteiger partial charge in [-0.15, -0.1) is 24.0 Å². The molecule has 0 aromatic rings. The van der Waals surface area contributed by atoms with Crippen molar-refractivity contribution in [3.8, 4) is 0 Å². The maximum absolute atomic E-state index is 11.7. The maximum Gasteiger partial charge on any atom is 0.214 e. The molecule has 22 heavy (non-hydrogen) atoms. The Labute approximate surface area is 152 Å². The highest BCUT2D eigenvalue weighted by molar-refractivity contribution is 14.0. The van der Waals surface area contributed by atoms with Gasteiger partial charge < -0.3 is 10.6 Å². The highest BCUT2D eigenvalue weighted by Crippen LogP contribution is 2.11. The number of nitrogens with zero attached hydrogens (tertiary/aromatic N) is 2. The SMILES string of the molecule is CCCCCCN=C(NCC)NCCN1CCCS1(=O)=O.I. The van der Waals surface area contributed by atoms with E-state index in [2.05, 4.69) is 22.5 Å². The fourth-order valence-electron chi connectivity index (χ4n) is 2.31. The number of aliphatic imine (C=N–C) groups is 1. The van der Waals surface area contributed by atoms with Crippen LogP contribution in [-0.2, 0) is 10.0 Å². The third-order valence-electron chi connectivity index (χ3n) is 3.48. The molecule has 0 aliphatic carbocycles. The fraction of sp³-hybridized carbons (Fsp3) is 0.929. The Bertz CT molecular complexity index is 415. The second-order valence-corrected chi connectivity index (χ2v) is 7.41. The first-order valence-electron chi connectivity index (χ1n) is 8.10. The van der Waals surface area contributed by atoms with Gasteiger partial charge in [0.15, 0.2) is 5.96 Å². The number of rotatable bonds is 9. The lowest BCUT2D eigenvalue weighted by Crippen LogP contribution is -2.42. The molecular formula is C14H31IN4O2S. The van der Waals surface area contributed by atoms with E-state index in [0.717, 1.165) is 31.9 Å². The number of sulfonamides is 1. The molecule has 2 N–H and O–H groups in total. The minimum absolute atomic E-state index is 0. The molecule has 0 saturated carbocycles. The van der Waals surface area contributed by atoms with Gasteiger partial charge in [0.2, 0.25) is 10.0 Å². The predicted molar refractivity (Wildman–Crippen MR) is 104 cm³/mol. The molecule has 0 amide bonds. The predicted octanol–water partition coefficient (Wildman–Crippen LogP) is 1.78. The Kier molecular flexibility index (Phi) is 12.3. The molecule has 0 bridgehead atoms. The minimum atomic E-state index is -2.99. The van der Waals surface area contributed by atoms with Gasteiger partial charge in [-0.3, -0.25) is 4.99 Å². The van der Waals surface area contributed by atoms with Crippen LogP contribution in [0.15, 0.2) is 4.99 Å². The van der Waals surface area contributed by atoms with E-state index in [1.54, 1.807) is 4.31 Å². The average Bonchev–Trinajstić information content (AvgIpc) is 2.77. The number of halogens is 1. The van der Waals surface area contributed by atoms with Crippen molar-refractivity contribution >= 4 is 40.0 Å². The van der Waals surface area contributed by atoms with Crippen molar-refractivity contribution in [3.63, 3.8) is 0 Å². The molecule has 0 unspecified atom stereocenters. The Morgan fingerprint density at radius 3 is 2.55 bits per heavy atom. The van der Waals surface area contributed by atoms with Crippen molar-refractivity contribution in [1.82, 2.24) is 14.9 Å². The Balaban J connectivity index is 0.00000441. The lowest BCUT2D eigenvalue weighted by atomic mass is 10.2. The fourth-order valence-corrected chi connectivity index (χ4v) is 3.84. The van der Waals surface area contributed by atoms with Crippen LogP contribution in [0.3, 0.4) is 0 Å². The van der Waals surface area contributed by atoms with E-state index in [1.807, 2.05) is 6.92 Å². The maximum atomic E-state index is 11.7. The first-order chi connectivity index (χ1) is 10.1. The van der Waals surface area contributed by atoms with Crippen molar-refractivity contribution in [1.29, 1.82) is 0 Å². The molecule has 0 radical (unpaired) electrons. The molecule has 1 aliphatic rings. The summed E-state index contributed by atoms with van der Waals surface area (Å²) in [6.45, 7) is 7.61. The molecule has 6 nitrogen and oxygen atoms in total. The third kappa shape index (κ3) is 8.52. The van der Waals surface area contributed by atoms with Crippen molar-refractivity contribution < 1.29 is 8.42 Å². The smallest absolute Gasteiger partial charge is 0.214 e. The van der Waals surface area contributed by atoms with Crippen LogP contribution in [0.25, 0.3) is 0 Å². The van der Waals surface area contributed by atoms with Gasteiger partial charge >= 0.3 is 0 Å². The van der Waals surface area contributed by atoms with Gasteiger partial charge in [-0.1, -0.05) is 26.2 Å². The third-order valence-corrected chi connectivity index (χ3v) is 5.44. The molecule has 132 valence electrons. The number of nitrogens with one attached hydrogen (secondary N) is 2. The monoisotopic (exact) mass is 446 g/mol. The average molecular weight is 446 g/mol. The van der Waals surface area contributed by atoms with Crippen LogP contribution >= 0.6 is 24.0 Å². The van der Waals surface area contributed by atoms with Gasteiger partial charge in [0.05, 0.1) is 5.75 Å². The van der Waals surface area contributed by atoms with E-state index in [4.69, 9.17) is 0 Å². The van der Waals surface area contributed by atoms with Crippen LogP contribution in [0.4, 0.5) is 0 Å². The molecule has 0 aromatic heterocycles. The summed E-state index contributed by atoms with van der Waals surface area (Å²) in [6, 6.07) is 0. The largest absolute Gasteiger partial charge is 0.357 e. The van der Waals surface area contributed by atoms with Crippen LogP contribution in [0, 0.1) is 0 Å². The van der Waals surface area contributed by atoms with Gasteiger partial charge in [0.1, 0.15) is 0 Å². The normalized spacial score (nSPS) is 18.0. The van der Waals surface area contributed by atoms with Gasteiger partial charge in [-0.05, 0) is 19.8 Å². The Hall–Kier alpha value is -0.0900. The lowest BCUT2D eigenvalue weighted by molar-refractivity contribution is 0.445. The second kappa shape index (κ2) is 12.3. The van der Waals surface area contributed by atoms with E-state index in [1.165, 1.54) is 19.3 Å².